The van der Waals surface area contributed by atoms with Crippen molar-refractivity contribution in [3.8, 4) is 28.8 Å². The summed E-state index contributed by atoms with van der Waals surface area (Å²) in [7, 11) is 0. The standard InChI is InChI=1S/C15H9FN4O/c16-12-3-1-11(2-4-12)15-14(9-19-20-15)21-13-5-10(6-17)7-18-8-13/h1-5,7-9H,(H,19,20). The van der Waals surface area contributed by atoms with E-state index in [4.69, 9.17) is 10.00 Å². The minimum atomic E-state index is -0.313. The quantitative estimate of drug-likeness (QED) is 0.799. The molecular formula is C15H9FN4O. The van der Waals surface area contributed by atoms with Gasteiger partial charge >= 0.3 is 0 Å². The normalized spacial score (nSPS) is 10.1. The maximum atomic E-state index is 13.0. The van der Waals surface area contributed by atoms with E-state index in [1.54, 1.807) is 18.2 Å². The lowest BCUT2D eigenvalue weighted by Gasteiger charge is -2.06. The van der Waals surface area contributed by atoms with Gasteiger partial charge in [0, 0.05) is 17.8 Å². The molecule has 0 radical (unpaired) electrons. The third-order valence-corrected chi connectivity index (χ3v) is 2.81. The molecule has 3 aromatic rings. The highest BCUT2D eigenvalue weighted by Gasteiger charge is 2.10. The van der Waals surface area contributed by atoms with Crippen molar-refractivity contribution in [3.05, 3.63) is 60.3 Å². The molecule has 0 saturated carbocycles. The molecule has 102 valence electrons. The second-order valence-corrected chi connectivity index (χ2v) is 4.24. The van der Waals surface area contributed by atoms with Crippen LogP contribution in [0.5, 0.6) is 11.5 Å². The molecule has 5 nitrogen and oxygen atoms in total. The Labute approximate surface area is 119 Å². The van der Waals surface area contributed by atoms with Crippen LogP contribution in [0.25, 0.3) is 11.3 Å². The lowest BCUT2D eigenvalue weighted by Crippen LogP contribution is -1.88. The molecule has 1 N–H and O–H groups in total. The van der Waals surface area contributed by atoms with Crippen molar-refractivity contribution in [2.75, 3.05) is 0 Å². The summed E-state index contributed by atoms with van der Waals surface area (Å²) in [5, 5.41) is 15.6. The second-order valence-electron chi connectivity index (χ2n) is 4.24. The lowest BCUT2D eigenvalue weighted by atomic mass is 10.1. The van der Waals surface area contributed by atoms with E-state index in [0.29, 0.717) is 22.8 Å². The van der Waals surface area contributed by atoms with Crippen LogP contribution in [0.15, 0.2) is 48.9 Å². The van der Waals surface area contributed by atoms with E-state index in [9.17, 15) is 4.39 Å². The van der Waals surface area contributed by atoms with Gasteiger partial charge in [-0.3, -0.25) is 10.1 Å². The number of ether oxygens (including phenoxy) is 1. The van der Waals surface area contributed by atoms with E-state index >= 15 is 0 Å². The number of aromatic nitrogens is 3. The third kappa shape index (κ3) is 2.72. The van der Waals surface area contributed by atoms with Gasteiger partial charge in [-0.1, -0.05) is 0 Å². The molecule has 0 spiro atoms. The lowest BCUT2D eigenvalue weighted by molar-refractivity contribution is 0.482. The third-order valence-electron chi connectivity index (χ3n) is 2.81. The van der Waals surface area contributed by atoms with Crippen LogP contribution < -0.4 is 4.74 Å². The zero-order valence-corrected chi connectivity index (χ0v) is 10.7. The van der Waals surface area contributed by atoms with Gasteiger partial charge in [0.25, 0.3) is 0 Å². The van der Waals surface area contributed by atoms with E-state index in [2.05, 4.69) is 15.2 Å². The predicted octanol–water partition coefficient (Wildman–Crippen LogP) is 3.27. The Bertz CT molecular complexity index is 805. The highest BCUT2D eigenvalue weighted by molar-refractivity contribution is 5.66. The Kier molecular flexibility index (Phi) is 3.31. The highest BCUT2D eigenvalue weighted by atomic mass is 19.1. The molecule has 2 aromatic heterocycles. The van der Waals surface area contributed by atoms with Crippen LogP contribution in [0.3, 0.4) is 0 Å². The first-order valence-corrected chi connectivity index (χ1v) is 6.08. The molecule has 0 unspecified atom stereocenters. The fraction of sp³-hybridized carbons (Fsp3) is 0. The zero-order valence-electron chi connectivity index (χ0n) is 10.7. The average Bonchev–Trinajstić information content (AvgIpc) is 2.96. The summed E-state index contributed by atoms with van der Waals surface area (Å²) in [5.41, 5.74) is 1.77. The molecule has 3 rings (SSSR count). The first-order valence-electron chi connectivity index (χ1n) is 6.08. The van der Waals surface area contributed by atoms with Crippen molar-refractivity contribution in [1.82, 2.24) is 15.2 Å². The van der Waals surface area contributed by atoms with Crippen LogP contribution in [0.2, 0.25) is 0 Å². The van der Waals surface area contributed by atoms with E-state index in [1.165, 1.54) is 30.7 Å². The van der Waals surface area contributed by atoms with Gasteiger partial charge in [-0.15, -0.1) is 0 Å². The number of halogens is 1. The topological polar surface area (TPSA) is 74.6 Å². The molecule has 2 heterocycles. The molecular weight excluding hydrogens is 271 g/mol. The molecule has 0 aliphatic carbocycles. The van der Waals surface area contributed by atoms with Gasteiger partial charge in [-0.05, 0) is 24.3 Å². The molecule has 6 heteroatoms. The number of hydrogen-bond donors (Lipinski definition) is 1. The summed E-state index contributed by atoms with van der Waals surface area (Å²) in [4.78, 5) is 3.92. The molecule has 21 heavy (non-hydrogen) atoms. The molecule has 0 bridgehead atoms. The summed E-state index contributed by atoms with van der Waals surface area (Å²) in [6.07, 6.45) is 4.46. The van der Waals surface area contributed by atoms with Crippen molar-refractivity contribution in [2.24, 2.45) is 0 Å². The zero-order chi connectivity index (χ0) is 14.7. The first kappa shape index (κ1) is 12.8. The fourth-order valence-corrected chi connectivity index (χ4v) is 1.84. The summed E-state index contributed by atoms with van der Waals surface area (Å²) in [6, 6.07) is 9.54. The minimum absolute atomic E-state index is 0.313. The van der Waals surface area contributed by atoms with E-state index in [0.717, 1.165) is 5.56 Å². The van der Waals surface area contributed by atoms with Crippen LogP contribution in [0.1, 0.15) is 5.56 Å². The molecule has 1 aromatic carbocycles. The van der Waals surface area contributed by atoms with Crippen LogP contribution >= 0.6 is 0 Å². The monoisotopic (exact) mass is 280 g/mol. The summed E-state index contributed by atoms with van der Waals surface area (Å²) < 4.78 is 18.6. The van der Waals surface area contributed by atoms with Gasteiger partial charge in [0.15, 0.2) is 5.75 Å². The number of benzene rings is 1. The van der Waals surface area contributed by atoms with Gasteiger partial charge in [-0.25, -0.2) is 4.39 Å². The van der Waals surface area contributed by atoms with Gasteiger partial charge in [-0.2, -0.15) is 10.4 Å². The summed E-state index contributed by atoms with van der Waals surface area (Å²) in [5.74, 6) is 0.587. The van der Waals surface area contributed by atoms with Crippen LogP contribution in [-0.4, -0.2) is 15.2 Å². The maximum absolute atomic E-state index is 13.0. The Morgan fingerprint density at radius 2 is 1.95 bits per heavy atom. The molecule has 0 fully saturated rings. The number of rotatable bonds is 3. The molecule has 0 amide bonds. The molecule has 0 aliphatic rings. The number of nitrogens with zero attached hydrogens (tertiary/aromatic N) is 3. The number of nitriles is 1. The van der Waals surface area contributed by atoms with Crippen molar-refractivity contribution in [1.29, 1.82) is 5.26 Å². The Hall–Kier alpha value is -3.20. The fourth-order valence-electron chi connectivity index (χ4n) is 1.84. The van der Waals surface area contributed by atoms with Gasteiger partial charge in [0.1, 0.15) is 23.3 Å². The predicted molar refractivity (Wildman–Crippen MR) is 73.0 cm³/mol. The Morgan fingerprint density at radius 1 is 1.14 bits per heavy atom. The van der Waals surface area contributed by atoms with Crippen molar-refractivity contribution >= 4 is 0 Å². The molecule has 0 atom stereocenters. The summed E-state index contributed by atoms with van der Waals surface area (Å²) >= 11 is 0. The average molecular weight is 280 g/mol. The van der Waals surface area contributed by atoms with Crippen molar-refractivity contribution in [2.45, 2.75) is 0 Å². The van der Waals surface area contributed by atoms with E-state index in [1.807, 2.05) is 6.07 Å². The van der Waals surface area contributed by atoms with Gasteiger partial charge < -0.3 is 4.74 Å². The molecule has 0 saturated heterocycles. The van der Waals surface area contributed by atoms with Gasteiger partial charge in [0.05, 0.1) is 18.0 Å². The SMILES string of the molecule is N#Cc1cncc(Oc2cn[nH]c2-c2ccc(F)cc2)c1. The minimum Gasteiger partial charge on any atom is -0.452 e. The molecule has 0 aliphatic heterocycles. The van der Waals surface area contributed by atoms with E-state index < -0.39 is 0 Å². The smallest absolute Gasteiger partial charge is 0.173 e. The number of hydrogen-bond acceptors (Lipinski definition) is 4. The number of aromatic amines is 1. The number of H-pyrrole nitrogens is 1. The summed E-state index contributed by atoms with van der Waals surface area (Å²) in [6.45, 7) is 0. The second kappa shape index (κ2) is 5.43. The highest BCUT2D eigenvalue weighted by Crippen LogP contribution is 2.31. The number of nitrogens with one attached hydrogen (secondary N) is 1. The Balaban J connectivity index is 1.92. The van der Waals surface area contributed by atoms with Crippen molar-refractivity contribution < 1.29 is 9.13 Å². The van der Waals surface area contributed by atoms with E-state index in [-0.39, 0.29) is 5.82 Å². The number of pyridine rings is 1. The maximum Gasteiger partial charge on any atom is 0.173 e. The van der Waals surface area contributed by atoms with Crippen LogP contribution in [-0.2, 0) is 0 Å². The van der Waals surface area contributed by atoms with Crippen molar-refractivity contribution in [3.63, 3.8) is 0 Å². The van der Waals surface area contributed by atoms with Gasteiger partial charge in [0.2, 0.25) is 0 Å². The largest absolute Gasteiger partial charge is 0.452 e. The van der Waals surface area contributed by atoms with Crippen LogP contribution in [0.4, 0.5) is 4.39 Å². The first-order chi connectivity index (χ1) is 10.3. The van der Waals surface area contributed by atoms with Crippen LogP contribution in [0, 0.1) is 17.1 Å². The Morgan fingerprint density at radius 3 is 2.71 bits per heavy atom.